The number of hydrogen-bond acceptors (Lipinski definition) is 3. The van der Waals surface area contributed by atoms with E-state index in [9.17, 15) is 9.00 Å². The molecule has 1 aromatic heterocycles. The smallest absolute Gasteiger partial charge is 0.229 e. The fraction of sp³-hybridized carbons (Fsp3) is 0.462. The summed E-state index contributed by atoms with van der Waals surface area (Å²) in [7, 11) is -1.24. The maximum absolute atomic E-state index is 13.9. The zero-order valence-electron chi connectivity index (χ0n) is 19.1. The quantitative estimate of drug-likeness (QED) is 0.470. The lowest BCUT2D eigenvalue weighted by Gasteiger charge is -2.48. The predicted molar refractivity (Wildman–Crippen MR) is 134 cm³/mol. The zero-order valence-corrected chi connectivity index (χ0v) is 20.7. The van der Waals surface area contributed by atoms with Crippen molar-refractivity contribution in [3.63, 3.8) is 0 Å². The molecule has 2 aromatic rings. The van der Waals surface area contributed by atoms with Crippen molar-refractivity contribution in [1.82, 2.24) is 14.6 Å². The molecule has 1 saturated carbocycles. The molecular weight excluding hydrogens is 454 g/mol. The minimum Gasteiger partial charge on any atom is -0.331 e. The lowest BCUT2D eigenvalue weighted by Crippen LogP contribution is -2.56. The number of hydrogen-bond donors (Lipinski definition) is 1. The summed E-state index contributed by atoms with van der Waals surface area (Å²) in [5.74, 6) is 0.997. The van der Waals surface area contributed by atoms with Crippen LogP contribution < -0.4 is 4.72 Å². The van der Waals surface area contributed by atoms with Gasteiger partial charge in [0.25, 0.3) is 0 Å². The second-order valence-electron chi connectivity index (χ2n) is 9.48. The number of allylic oxidation sites excluding steroid dienone is 1. The molecule has 4 atom stereocenters. The lowest BCUT2D eigenvalue weighted by atomic mass is 9.74. The molecule has 0 bridgehead atoms. The first-order valence-corrected chi connectivity index (χ1v) is 13.3. The molecule has 1 N–H and O–H groups in total. The van der Waals surface area contributed by atoms with Gasteiger partial charge in [0.15, 0.2) is 0 Å². The van der Waals surface area contributed by atoms with Crippen LogP contribution in [0.25, 0.3) is 0 Å². The molecule has 1 aromatic carbocycles. The maximum Gasteiger partial charge on any atom is 0.229 e. The zero-order chi connectivity index (χ0) is 23.4. The molecule has 1 aliphatic heterocycles. The van der Waals surface area contributed by atoms with E-state index >= 15 is 0 Å². The Kier molecular flexibility index (Phi) is 7.67. The van der Waals surface area contributed by atoms with Crippen LogP contribution in [0.15, 0.2) is 61.4 Å². The highest BCUT2D eigenvalue weighted by molar-refractivity contribution is 7.82. The largest absolute Gasteiger partial charge is 0.331 e. The number of benzene rings is 1. The normalized spacial score (nSPS) is 25.0. The molecule has 0 spiro atoms. The van der Waals surface area contributed by atoms with Gasteiger partial charge < -0.3 is 4.90 Å². The molecule has 7 heteroatoms. The molecule has 2 heterocycles. The molecule has 4 rings (SSSR count). The van der Waals surface area contributed by atoms with Gasteiger partial charge in [-0.05, 0) is 67.3 Å². The molecule has 0 radical (unpaired) electrons. The first-order valence-electron chi connectivity index (χ1n) is 11.6. The SMILES string of the molecule is C=CC[C@@]1(C)CC[C@@H](c2ccc(Cl)cc2)N(C(CNS(=O)Cc2cccnc2)C2CC2)C1=O. The standard InChI is InChI=1S/C26H32ClN3O2S/c1-3-13-26(2)14-12-23(20-8-10-22(27)11-9-20)30(25(26)31)24(21-6-7-21)17-29-33(32)18-19-5-4-15-28-16-19/h3-5,8-11,15-16,21,23-24,29H,1,6-7,12-14,17-18H2,2H3/t23-,24?,26-,33?/m0/s1. The highest BCUT2D eigenvalue weighted by Crippen LogP contribution is 2.47. The number of carbonyl (C=O) groups is 1. The summed E-state index contributed by atoms with van der Waals surface area (Å²) in [6.45, 7) is 6.46. The third-order valence-corrected chi connectivity index (χ3v) is 8.24. The minimum absolute atomic E-state index is 0.000432. The van der Waals surface area contributed by atoms with E-state index < -0.39 is 16.4 Å². The van der Waals surface area contributed by atoms with E-state index in [2.05, 4.69) is 28.1 Å². The number of aromatic nitrogens is 1. The second kappa shape index (κ2) is 10.5. The molecule has 33 heavy (non-hydrogen) atoms. The Morgan fingerprint density at radius 3 is 2.70 bits per heavy atom. The fourth-order valence-electron chi connectivity index (χ4n) is 4.89. The van der Waals surface area contributed by atoms with Gasteiger partial charge in [0.05, 0.1) is 28.2 Å². The van der Waals surface area contributed by atoms with E-state index in [1.807, 2.05) is 42.5 Å². The third-order valence-electron chi connectivity index (χ3n) is 6.90. The van der Waals surface area contributed by atoms with Crippen molar-refractivity contribution in [2.75, 3.05) is 6.54 Å². The number of halogens is 1. The van der Waals surface area contributed by atoms with Crippen molar-refractivity contribution in [2.24, 2.45) is 11.3 Å². The Bertz CT molecular complexity index is 996. The second-order valence-corrected chi connectivity index (χ2v) is 11.2. The van der Waals surface area contributed by atoms with Crippen LogP contribution in [0.5, 0.6) is 0 Å². The van der Waals surface area contributed by atoms with Gasteiger partial charge in [0.1, 0.15) is 0 Å². The highest BCUT2D eigenvalue weighted by atomic mass is 35.5. The summed E-state index contributed by atoms with van der Waals surface area (Å²) < 4.78 is 16.0. The average Bonchev–Trinajstić information content (AvgIpc) is 3.64. The summed E-state index contributed by atoms with van der Waals surface area (Å²) in [5, 5.41) is 0.690. The van der Waals surface area contributed by atoms with Crippen LogP contribution in [0.4, 0.5) is 0 Å². The molecule has 1 saturated heterocycles. The summed E-state index contributed by atoms with van der Waals surface area (Å²) in [6, 6.07) is 11.6. The summed E-state index contributed by atoms with van der Waals surface area (Å²) in [4.78, 5) is 20.1. The average molecular weight is 486 g/mol. The van der Waals surface area contributed by atoms with Crippen LogP contribution in [0.1, 0.15) is 56.2 Å². The van der Waals surface area contributed by atoms with Crippen molar-refractivity contribution >= 4 is 28.5 Å². The first-order chi connectivity index (χ1) is 15.9. The molecule has 2 fully saturated rings. The van der Waals surface area contributed by atoms with Crippen LogP contribution in [0, 0.1) is 11.3 Å². The van der Waals surface area contributed by atoms with E-state index in [0.717, 1.165) is 36.8 Å². The van der Waals surface area contributed by atoms with Crippen molar-refractivity contribution in [3.05, 3.63) is 77.6 Å². The molecule has 176 valence electrons. The number of likely N-dealkylation sites (tertiary alicyclic amines) is 1. The van der Waals surface area contributed by atoms with E-state index in [1.54, 1.807) is 12.4 Å². The van der Waals surface area contributed by atoms with E-state index in [-0.39, 0.29) is 18.0 Å². The van der Waals surface area contributed by atoms with Crippen molar-refractivity contribution in [3.8, 4) is 0 Å². The fourth-order valence-corrected chi connectivity index (χ4v) is 5.95. The molecular formula is C26H32ClN3O2S. The lowest BCUT2D eigenvalue weighted by molar-refractivity contribution is -0.153. The van der Waals surface area contributed by atoms with E-state index in [0.29, 0.717) is 29.7 Å². The number of amides is 1. The Hall–Kier alpha value is -2.02. The van der Waals surface area contributed by atoms with Crippen molar-refractivity contribution in [1.29, 1.82) is 0 Å². The number of carbonyl (C=O) groups excluding carboxylic acids is 1. The van der Waals surface area contributed by atoms with E-state index in [1.165, 1.54) is 0 Å². The number of nitrogens with zero attached hydrogens (tertiary/aromatic N) is 2. The van der Waals surface area contributed by atoms with Crippen LogP contribution in [-0.4, -0.2) is 32.6 Å². The number of nitrogens with one attached hydrogen (secondary N) is 1. The number of pyridine rings is 1. The topological polar surface area (TPSA) is 62.3 Å². The third kappa shape index (κ3) is 5.73. The van der Waals surface area contributed by atoms with Gasteiger partial charge in [0, 0.05) is 30.0 Å². The van der Waals surface area contributed by atoms with Crippen LogP contribution >= 0.6 is 11.6 Å². The summed E-state index contributed by atoms with van der Waals surface area (Å²) in [6.07, 6.45) is 9.86. The van der Waals surface area contributed by atoms with Gasteiger partial charge in [-0.15, -0.1) is 6.58 Å². The molecule has 2 aliphatic rings. The van der Waals surface area contributed by atoms with Gasteiger partial charge in [-0.1, -0.05) is 42.8 Å². The van der Waals surface area contributed by atoms with Gasteiger partial charge in [-0.3, -0.25) is 9.78 Å². The van der Waals surface area contributed by atoms with Gasteiger partial charge in [0.2, 0.25) is 5.91 Å². The Labute approximate surface area is 204 Å². The Balaban J connectivity index is 1.57. The number of rotatable bonds is 10. The first kappa shape index (κ1) is 24.1. The number of piperidine rings is 1. The van der Waals surface area contributed by atoms with Crippen LogP contribution in [0.2, 0.25) is 5.02 Å². The van der Waals surface area contributed by atoms with Gasteiger partial charge >= 0.3 is 0 Å². The van der Waals surface area contributed by atoms with Gasteiger partial charge in [-0.2, -0.15) is 0 Å². The summed E-state index contributed by atoms with van der Waals surface area (Å²) >= 11 is 6.14. The monoisotopic (exact) mass is 485 g/mol. The van der Waals surface area contributed by atoms with Crippen LogP contribution in [-0.2, 0) is 21.5 Å². The minimum atomic E-state index is -1.24. The Morgan fingerprint density at radius 2 is 2.06 bits per heavy atom. The van der Waals surface area contributed by atoms with Gasteiger partial charge in [-0.25, -0.2) is 8.93 Å². The molecule has 2 unspecified atom stereocenters. The highest BCUT2D eigenvalue weighted by Gasteiger charge is 2.49. The van der Waals surface area contributed by atoms with E-state index in [4.69, 9.17) is 11.6 Å². The molecule has 1 amide bonds. The summed E-state index contributed by atoms with van der Waals surface area (Å²) in [5.41, 5.74) is 1.58. The maximum atomic E-state index is 13.9. The van der Waals surface area contributed by atoms with Crippen molar-refractivity contribution in [2.45, 2.75) is 56.9 Å². The van der Waals surface area contributed by atoms with Crippen molar-refractivity contribution < 1.29 is 9.00 Å². The van der Waals surface area contributed by atoms with Crippen LogP contribution in [0.3, 0.4) is 0 Å². The molecule has 5 nitrogen and oxygen atoms in total. The predicted octanol–water partition coefficient (Wildman–Crippen LogP) is 5.21. The Morgan fingerprint density at radius 1 is 1.30 bits per heavy atom. The molecule has 1 aliphatic carbocycles.